The van der Waals surface area contributed by atoms with Crippen LogP contribution in [0.1, 0.15) is 63.2 Å². The lowest BCUT2D eigenvalue weighted by atomic mass is 9.96. The van der Waals surface area contributed by atoms with E-state index in [-0.39, 0.29) is 36.0 Å². The van der Waals surface area contributed by atoms with Crippen molar-refractivity contribution in [3.05, 3.63) is 29.8 Å². The van der Waals surface area contributed by atoms with Crippen LogP contribution < -0.4 is 16.0 Å². The molecule has 4 N–H and O–H groups in total. The second-order valence-electron chi connectivity index (χ2n) is 8.07. The van der Waals surface area contributed by atoms with Crippen molar-refractivity contribution < 1.29 is 14.7 Å². The third kappa shape index (κ3) is 6.33. The number of carbonyl (C=O) groups is 2. The van der Waals surface area contributed by atoms with Crippen molar-refractivity contribution in [2.24, 2.45) is 5.92 Å². The smallest absolute Gasteiger partial charge is 0.319 e. The molecule has 6 heteroatoms. The van der Waals surface area contributed by atoms with Gasteiger partial charge < -0.3 is 21.1 Å². The summed E-state index contributed by atoms with van der Waals surface area (Å²) in [6, 6.07) is 6.56. The molecular formula is C20H31N3O3. The van der Waals surface area contributed by atoms with Crippen LogP contribution >= 0.6 is 0 Å². The third-order valence-electron chi connectivity index (χ3n) is 4.58. The average molecular weight is 361 g/mol. The van der Waals surface area contributed by atoms with Gasteiger partial charge in [-0.05, 0) is 51.8 Å². The largest absolute Gasteiger partial charge is 0.396 e. The molecule has 1 aliphatic rings. The van der Waals surface area contributed by atoms with Crippen LogP contribution in [0.25, 0.3) is 0 Å². The van der Waals surface area contributed by atoms with Crippen molar-refractivity contribution in [2.75, 3.05) is 11.9 Å². The number of rotatable bonds is 4. The van der Waals surface area contributed by atoms with Crippen LogP contribution in [-0.4, -0.2) is 35.2 Å². The van der Waals surface area contributed by atoms with Crippen molar-refractivity contribution in [1.29, 1.82) is 0 Å². The first kappa shape index (κ1) is 20.2. The summed E-state index contributed by atoms with van der Waals surface area (Å²) in [6.45, 7) is 5.85. The van der Waals surface area contributed by atoms with Gasteiger partial charge in [0.05, 0.1) is 0 Å². The summed E-state index contributed by atoms with van der Waals surface area (Å²) in [5.41, 5.74) is 0.745. The van der Waals surface area contributed by atoms with E-state index in [4.69, 9.17) is 0 Å². The molecule has 0 heterocycles. The average Bonchev–Trinajstić information content (AvgIpc) is 2.78. The van der Waals surface area contributed by atoms with Gasteiger partial charge in [0.2, 0.25) is 0 Å². The van der Waals surface area contributed by atoms with E-state index in [9.17, 15) is 14.7 Å². The van der Waals surface area contributed by atoms with Crippen molar-refractivity contribution in [2.45, 2.75) is 64.5 Å². The van der Waals surface area contributed by atoms with Crippen LogP contribution in [0, 0.1) is 5.92 Å². The monoisotopic (exact) mass is 361 g/mol. The molecule has 0 aromatic heterocycles. The molecule has 1 aliphatic carbocycles. The molecule has 6 nitrogen and oxygen atoms in total. The molecule has 0 saturated heterocycles. The number of aliphatic hydroxyl groups is 1. The number of benzene rings is 1. The molecule has 144 valence electrons. The van der Waals surface area contributed by atoms with Gasteiger partial charge in [-0.2, -0.15) is 0 Å². The standard InChI is InChI=1S/C20H31N3O3/c1-20(2,3)23-18(25)14-9-7-10-16(12-14)21-19(26)22-17-11-6-4-5-8-15(17)13-24/h7,9-10,12,15,17,24H,4-6,8,11,13H2,1-3H3,(H,23,25)(H2,21,22,26)/t15-,17+/m0/s1. The first-order chi connectivity index (χ1) is 12.3. The van der Waals surface area contributed by atoms with Crippen LogP contribution in [0.2, 0.25) is 0 Å². The van der Waals surface area contributed by atoms with Gasteiger partial charge in [0, 0.05) is 35.4 Å². The van der Waals surface area contributed by atoms with Crippen LogP contribution in [0.4, 0.5) is 10.5 Å². The van der Waals surface area contributed by atoms with E-state index in [0.717, 1.165) is 32.1 Å². The number of nitrogens with one attached hydrogen (secondary N) is 3. The molecule has 26 heavy (non-hydrogen) atoms. The van der Waals surface area contributed by atoms with E-state index in [1.165, 1.54) is 0 Å². The minimum atomic E-state index is -0.323. The molecule has 0 bridgehead atoms. The van der Waals surface area contributed by atoms with Crippen LogP contribution in [0.15, 0.2) is 24.3 Å². The molecule has 1 fully saturated rings. The van der Waals surface area contributed by atoms with Gasteiger partial charge in [-0.15, -0.1) is 0 Å². The number of aliphatic hydroxyl groups excluding tert-OH is 1. The zero-order valence-electron chi connectivity index (χ0n) is 16.0. The highest BCUT2D eigenvalue weighted by molar-refractivity contribution is 5.97. The molecule has 0 aliphatic heterocycles. The highest BCUT2D eigenvalue weighted by Crippen LogP contribution is 2.23. The number of urea groups is 1. The van der Waals surface area contributed by atoms with E-state index >= 15 is 0 Å². The van der Waals surface area contributed by atoms with Crippen molar-refractivity contribution >= 4 is 17.6 Å². The second kappa shape index (κ2) is 9.03. The first-order valence-corrected chi connectivity index (χ1v) is 9.39. The lowest BCUT2D eigenvalue weighted by Crippen LogP contribution is -2.43. The molecule has 1 aromatic carbocycles. The molecule has 3 amide bonds. The zero-order valence-corrected chi connectivity index (χ0v) is 16.0. The SMILES string of the molecule is CC(C)(C)NC(=O)c1cccc(NC(=O)N[C@@H]2CCCCC[C@H]2CO)c1. The van der Waals surface area contributed by atoms with E-state index in [2.05, 4.69) is 16.0 Å². The summed E-state index contributed by atoms with van der Waals surface area (Å²) in [6.07, 6.45) is 5.11. The zero-order chi connectivity index (χ0) is 19.2. The fourth-order valence-corrected chi connectivity index (χ4v) is 3.28. The quantitative estimate of drug-likeness (QED) is 0.620. The van der Waals surface area contributed by atoms with Gasteiger partial charge in [0.25, 0.3) is 5.91 Å². The number of hydrogen-bond acceptors (Lipinski definition) is 3. The lowest BCUT2D eigenvalue weighted by molar-refractivity contribution is 0.0919. The molecule has 0 spiro atoms. The second-order valence-corrected chi connectivity index (χ2v) is 8.07. The Labute approximate surface area is 155 Å². The maximum atomic E-state index is 12.4. The van der Waals surface area contributed by atoms with Gasteiger partial charge in [0.1, 0.15) is 0 Å². The van der Waals surface area contributed by atoms with E-state index < -0.39 is 0 Å². The fourth-order valence-electron chi connectivity index (χ4n) is 3.28. The summed E-state index contributed by atoms with van der Waals surface area (Å²) >= 11 is 0. The Bertz CT molecular complexity index is 625. The summed E-state index contributed by atoms with van der Waals surface area (Å²) < 4.78 is 0. The molecule has 2 rings (SSSR count). The minimum Gasteiger partial charge on any atom is -0.396 e. The van der Waals surface area contributed by atoms with Crippen molar-refractivity contribution in [3.63, 3.8) is 0 Å². The molecule has 1 aromatic rings. The van der Waals surface area contributed by atoms with E-state index in [1.807, 2.05) is 20.8 Å². The van der Waals surface area contributed by atoms with Crippen molar-refractivity contribution in [1.82, 2.24) is 10.6 Å². The summed E-state index contributed by atoms with van der Waals surface area (Å²) in [7, 11) is 0. The normalized spacial score (nSPS) is 20.8. The van der Waals surface area contributed by atoms with Gasteiger partial charge in [-0.1, -0.05) is 25.3 Å². The number of carbonyl (C=O) groups excluding carboxylic acids is 2. The summed E-state index contributed by atoms with van der Waals surface area (Å²) in [4.78, 5) is 24.6. The fraction of sp³-hybridized carbons (Fsp3) is 0.600. The number of anilines is 1. The Morgan fingerprint density at radius 3 is 2.58 bits per heavy atom. The molecule has 1 saturated carbocycles. The van der Waals surface area contributed by atoms with Gasteiger partial charge in [-0.3, -0.25) is 4.79 Å². The number of hydrogen-bond donors (Lipinski definition) is 4. The summed E-state index contributed by atoms with van der Waals surface area (Å²) in [5.74, 6) is -0.0715. The number of amides is 3. The van der Waals surface area contributed by atoms with Crippen LogP contribution in [0.3, 0.4) is 0 Å². The highest BCUT2D eigenvalue weighted by Gasteiger charge is 2.24. The third-order valence-corrected chi connectivity index (χ3v) is 4.58. The Kier molecular flexibility index (Phi) is 7.03. The van der Waals surface area contributed by atoms with Gasteiger partial charge in [0.15, 0.2) is 0 Å². The van der Waals surface area contributed by atoms with E-state index in [0.29, 0.717) is 11.3 Å². The Hall–Kier alpha value is -2.08. The Morgan fingerprint density at radius 1 is 1.15 bits per heavy atom. The van der Waals surface area contributed by atoms with E-state index in [1.54, 1.807) is 24.3 Å². The molecule has 0 radical (unpaired) electrons. The topological polar surface area (TPSA) is 90.5 Å². The van der Waals surface area contributed by atoms with Crippen LogP contribution in [0.5, 0.6) is 0 Å². The first-order valence-electron chi connectivity index (χ1n) is 9.39. The molecule has 0 unspecified atom stereocenters. The van der Waals surface area contributed by atoms with Gasteiger partial charge in [-0.25, -0.2) is 4.79 Å². The molecule has 2 atom stereocenters. The van der Waals surface area contributed by atoms with Crippen molar-refractivity contribution in [3.8, 4) is 0 Å². The predicted molar refractivity (Wildman–Crippen MR) is 103 cm³/mol. The Balaban J connectivity index is 1.98. The van der Waals surface area contributed by atoms with Gasteiger partial charge >= 0.3 is 6.03 Å². The lowest BCUT2D eigenvalue weighted by Gasteiger charge is -2.24. The molecular weight excluding hydrogens is 330 g/mol. The van der Waals surface area contributed by atoms with Crippen LogP contribution in [-0.2, 0) is 0 Å². The summed E-state index contributed by atoms with van der Waals surface area (Å²) in [5, 5.41) is 18.3. The maximum Gasteiger partial charge on any atom is 0.319 e. The minimum absolute atomic E-state index is 0.0186. The Morgan fingerprint density at radius 2 is 1.88 bits per heavy atom. The highest BCUT2D eigenvalue weighted by atomic mass is 16.3. The predicted octanol–water partition coefficient (Wildman–Crippen LogP) is 3.28. The maximum absolute atomic E-state index is 12.4.